The Hall–Kier alpha value is -1.32. The van der Waals surface area contributed by atoms with Crippen molar-refractivity contribution < 1.29 is 14.7 Å². The van der Waals surface area contributed by atoms with Crippen LogP contribution in [0.15, 0.2) is 12.2 Å². The Labute approximate surface area is 101 Å². The number of amides is 1. The van der Waals surface area contributed by atoms with Crippen molar-refractivity contribution in [1.82, 2.24) is 4.90 Å². The van der Waals surface area contributed by atoms with Crippen molar-refractivity contribution in [3.05, 3.63) is 12.2 Å². The van der Waals surface area contributed by atoms with E-state index in [1.54, 1.807) is 4.90 Å². The van der Waals surface area contributed by atoms with E-state index in [1.165, 1.54) is 0 Å². The monoisotopic (exact) mass is 237 g/mol. The smallest absolute Gasteiger partial charge is 0.326 e. The van der Waals surface area contributed by atoms with Crippen molar-refractivity contribution >= 4 is 11.9 Å². The van der Waals surface area contributed by atoms with E-state index < -0.39 is 12.0 Å². The molecule has 2 aliphatic rings. The lowest BCUT2D eigenvalue weighted by Gasteiger charge is -2.33. The second-order valence-corrected chi connectivity index (χ2v) is 4.91. The highest BCUT2D eigenvalue weighted by Gasteiger charge is 2.32. The molecule has 2 rings (SSSR count). The maximum absolute atomic E-state index is 12.1. The highest BCUT2D eigenvalue weighted by molar-refractivity contribution is 5.84. The van der Waals surface area contributed by atoms with Crippen LogP contribution in [0.5, 0.6) is 0 Å². The minimum absolute atomic E-state index is 0.00801. The summed E-state index contributed by atoms with van der Waals surface area (Å²) >= 11 is 0. The summed E-state index contributed by atoms with van der Waals surface area (Å²) in [7, 11) is 0. The van der Waals surface area contributed by atoms with Crippen LogP contribution in [-0.4, -0.2) is 34.5 Å². The fourth-order valence-electron chi connectivity index (χ4n) is 2.69. The Morgan fingerprint density at radius 2 is 2.12 bits per heavy atom. The molecule has 0 spiro atoms. The Morgan fingerprint density at radius 3 is 2.76 bits per heavy atom. The molecule has 0 aromatic heterocycles. The van der Waals surface area contributed by atoms with Crippen molar-refractivity contribution in [2.45, 2.75) is 44.6 Å². The SMILES string of the molecule is O=C(O)C1CCCCN1C(=O)CC1C=CCC1. The third kappa shape index (κ3) is 2.87. The lowest BCUT2D eigenvalue weighted by Crippen LogP contribution is -2.48. The molecule has 1 heterocycles. The second kappa shape index (κ2) is 5.34. The molecule has 0 aromatic rings. The summed E-state index contributed by atoms with van der Waals surface area (Å²) in [6, 6.07) is -0.596. The molecule has 1 fully saturated rings. The van der Waals surface area contributed by atoms with Gasteiger partial charge in [-0.1, -0.05) is 12.2 Å². The van der Waals surface area contributed by atoms with Crippen LogP contribution in [0.25, 0.3) is 0 Å². The highest BCUT2D eigenvalue weighted by atomic mass is 16.4. The molecule has 17 heavy (non-hydrogen) atoms. The maximum atomic E-state index is 12.1. The Morgan fingerprint density at radius 1 is 1.29 bits per heavy atom. The van der Waals surface area contributed by atoms with Crippen LogP contribution in [0.4, 0.5) is 0 Å². The molecule has 1 aliphatic heterocycles. The van der Waals surface area contributed by atoms with Gasteiger partial charge in [0.1, 0.15) is 6.04 Å². The van der Waals surface area contributed by atoms with E-state index >= 15 is 0 Å². The summed E-state index contributed by atoms with van der Waals surface area (Å²) in [5.74, 6) is -0.535. The van der Waals surface area contributed by atoms with Gasteiger partial charge in [-0.2, -0.15) is 0 Å². The largest absolute Gasteiger partial charge is 0.480 e. The predicted molar refractivity (Wildman–Crippen MR) is 63.5 cm³/mol. The molecule has 0 radical (unpaired) electrons. The van der Waals surface area contributed by atoms with Gasteiger partial charge in [-0.15, -0.1) is 0 Å². The second-order valence-electron chi connectivity index (χ2n) is 4.91. The van der Waals surface area contributed by atoms with Crippen molar-refractivity contribution in [2.24, 2.45) is 5.92 Å². The van der Waals surface area contributed by atoms with Crippen molar-refractivity contribution in [3.63, 3.8) is 0 Å². The van der Waals surface area contributed by atoms with Gasteiger partial charge in [-0.25, -0.2) is 4.79 Å². The van der Waals surface area contributed by atoms with Crippen LogP contribution in [0, 0.1) is 5.92 Å². The third-order valence-corrected chi connectivity index (χ3v) is 3.66. The van der Waals surface area contributed by atoms with Gasteiger partial charge in [0.25, 0.3) is 0 Å². The number of carboxylic acids is 1. The molecule has 4 heteroatoms. The summed E-state index contributed by atoms with van der Waals surface area (Å²) < 4.78 is 0. The molecule has 0 saturated carbocycles. The van der Waals surface area contributed by atoms with Crippen LogP contribution < -0.4 is 0 Å². The predicted octanol–water partition coefficient (Wildman–Crippen LogP) is 1.81. The molecule has 94 valence electrons. The van der Waals surface area contributed by atoms with Gasteiger partial charge in [0.05, 0.1) is 0 Å². The number of hydrogen-bond acceptors (Lipinski definition) is 2. The Bertz CT molecular complexity index is 338. The van der Waals surface area contributed by atoms with E-state index in [-0.39, 0.29) is 5.91 Å². The Balaban J connectivity index is 1.95. The molecular weight excluding hydrogens is 218 g/mol. The van der Waals surface area contributed by atoms with Crippen LogP contribution >= 0.6 is 0 Å². The summed E-state index contributed by atoms with van der Waals surface area (Å²) in [5, 5.41) is 9.11. The van der Waals surface area contributed by atoms with E-state index in [2.05, 4.69) is 12.2 Å². The van der Waals surface area contributed by atoms with Crippen molar-refractivity contribution in [3.8, 4) is 0 Å². The molecule has 1 amide bonds. The first-order valence-electron chi connectivity index (χ1n) is 6.37. The van der Waals surface area contributed by atoms with Crippen LogP contribution in [-0.2, 0) is 9.59 Å². The van der Waals surface area contributed by atoms with Crippen LogP contribution in [0.3, 0.4) is 0 Å². The fourth-order valence-corrected chi connectivity index (χ4v) is 2.69. The molecule has 2 unspecified atom stereocenters. The van der Waals surface area contributed by atoms with E-state index in [4.69, 9.17) is 5.11 Å². The Kier molecular flexibility index (Phi) is 3.82. The van der Waals surface area contributed by atoms with Gasteiger partial charge in [-0.3, -0.25) is 4.79 Å². The number of nitrogens with zero attached hydrogens (tertiary/aromatic N) is 1. The number of allylic oxidation sites excluding steroid dienone is 2. The van der Waals surface area contributed by atoms with Gasteiger partial charge in [0, 0.05) is 13.0 Å². The average molecular weight is 237 g/mol. The first-order valence-corrected chi connectivity index (χ1v) is 6.37. The van der Waals surface area contributed by atoms with Gasteiger partial charge in [0.2, 0.25) is 5.91 Å². The first-order chi connectivity index (χ1) is 8.18. The molecule has 1 saturated heterocycles. The zero-order chi connectivity index (χ0) is 12.3. The quantitative estimate of drug-likeness (QED) is 0.761. The number of piperidine rings is 1. The summed E-state index contributed by atoms with van der Waals surface area (Å²) in [5.41, 5.74) is 0. The zero-order valence-electron chi connectivity index (χ0n) is 9.97. The standard InChI is InChI=1S/C13H19NO3/c15-12(9-10-5-1-2-6-10)14-8-4-3-7-11(14)13(16)17/h1,5,10-11H,2-4,6-9H2,(H,16,17). The lowest BCUT2D eigenvalue weighted by atomic mass is 9.99. The summed E-state index contributed by atoms with van der Waals surface area (Å²) in [6.45, 7) is 0.603. The molecule has 0 aromatic carbocycles. The number of carbonyl (C=O) groups excluding carboxylic acids is 1. The number of likely N-dealkylation sites (tertiary alicyclic amines) is 1. The number of carboxylic acid groups (broad SMARTS) is 1. The number of aliphatic carboxylic acids is 1. The van der Waals surface area contributed by atoms with Gasteiger partial charge in [-0.05, 0) is 38.0 Å². The molecular formula is C13H19NO3. The molecule has 0 bridgehead atoms. The number of rotatable bonds is 3. The van der Waals surface area contributed by atoms with Crippen molar-refractivity contribution in [1.29, 1.82) is 0 Å². The molecule has 2 atom stereocenters. The fraction of sp³-hybridized carbons (Fsp3) is 0.692. The molecule has 1 N–H and O–H groups in total. The first kappa shape index (κ1) is 12.1. The van der Waals surface area contributed by atoms with Gasteiger partial charge < -0.3 is 10.0 Å². The number of carbonyl (C=O) groups is 2. The molecule has 1 aliphatic carbocycles. The van der Waals surface area contributed by atoms with E-state index in [9.17, 15) is 9.59 Å². The topological polar surface area (TPSA) is 57.6 Å². The van der Waals surface area contributed by atoms with E-state index in [1.807, 2.05) is 0 Å². The molecule has 4 nitrogen and oxygen atoms in total. The lowest BCUT2D eigenvalue weighted by molar-refractivity contribution is -0.152. The maximum Gasteiger partial charge on any atom is 0.326 e. The minimum Gasteiger partial charge on any atom is -0.480 e. The van der Waals surface area contributed by atoms with Crippen LogP contribution in [0.2, 0.25) is 0 Å². The van der Waals surface area contributed by atoms with Crippen molar-refractivity contribution in [2.75, 3.05) is 6.54 Å². The van der Waals surface area contributed by atoms with Crippen LogP contribution in [0.1, 0.15) is 38.5 Å². The minimum atomic E-state index is -0.861. The summed E-state index contributed by atoms with van der Waals surface area (Å²) in [4.78, 5) is 24.8. The third-order valence-electron chi connectivity index (χ3n) is 3.66. The normalized spacial score (nSPS) is 28.4. The average Bonchev–Trinajstić information content (AvgIpc) is 2.81. The van der Waals surface area contributed by atoms with E-state index in [0.717, 1.165) is 25.7 Å². The van der Waals surface area contributed by atoms with E-state index in [0.29, 0.717) is 25.3 Å². The zero-order valence-corrected chi connectivity index (χ0v) is 9.97. The number of hydrogen-bond donors (Lipinski definition) is 1. The highest BCUT2D eigenvalue weighted by Crippen LogP contribution is 2.24. The van der Waals surface area contributed by atoms with Gasteiger partial charge >= 0.3 is 5.97 Å². The summed E-state index contributed by atoms with van der Waals surface area (Å²) in [6.07, 6.45) is 9.15. The van der Waals surface area contributed by atoms with Gasteiger partial charge in [0.15, 0.2) is 0 Å².